The number of pyridine rings is 1. The van der Waals surface area contributed by atoms with E-state index in [-0.39, 0.29) is 56.7 Å². The number of nitrogens with one attached hydrogen (secondary N) is 1. The predicted octanol–water partition coefficient (Wildman–Crippen LogP) is 4.81. The smallest absolute Gasteiger partial charge is 0.319 e. The molecule has 3 aliphatic heterocycles. The molecular formula is C35H33F3N6O2. The van der Waals surface area contributed by atoms with E-state index in [9.17, 15) is 13.9 Å². The zero-order chi connectivity index (χ0) is 31.3. The molecule has 4 atom stereocenters. The van der Waals surface area contributed by atoms with E-state index in [1.165, 1.54) is 24.3 Å². The minimum Gasteiger partial charge on any atom is -0.508 e. The number of likely N-dealkylation sites (tertiary alicyclic amines) is 1. The van der Waals surface area contributed by atoms with E-state index in [0.29, 0.717) is 48.4 Å². The molecule has 0 spiro atoms. The number of anilines is 1. The average Bonchev–Trinajstić information content (AvgIpc) is 3.83. The minimum absolute atomic E-state index is 0.0319. The number of fused-ring (bicyclic) bond motifs is 5. The van der Waals surface area contributed by atoms with Gasteiger partial charge in [0, 0.05) is 79.2 Å². The molecule has 9 rings (SSSR count). The molecule has 2 aromatic heterocycles. The summed E-state index contributed by atoms with van der Waals surface area (Å²) in [6, 6.07) is 6.23. The van der Waals surface area contributed by atoms with E-state index in [0.717, 1.165) is 45.3 Å². The van der Waals surface area contributed by atoms with Crippen molar-refractivity contribution in [3.63, 3.8) is 0 Å². The van der Waals surface area contributed by atoms with Gasteiger partial charge in [0.2, 0.25) is 0 Å². The Morgan fingerprint density at radius 3 is 2.54 bits per heavy atom. The Morgan fingerprint density at radius 2 is 1.83 bits per heavy atom. The van der Waals surface area contributed by atoms with Crippen LogP contribution < -0.4 is 15.0 Å². The van der Waals surface area contributed by atoms with Crippen molar-refractivity contribution in [1.82, 2.24) is 25.2 Å². The number of halogens is 3. The second-order valence-corrected chi connectivity index (χ2v) is 14.0. The molecule has 2 aromatic carbocycles. The molecule has 2 aliphatic carbocycles. The van der Waals surface area contributed by atoms with Crippen molar-refractivity contribution in [2.24, 2.45) is 17.3 Å². The fourth-order valence-corrected chi connectivity index (χ4v) is 8.12. The highest BCUT2D eigenvalue weighted by Gasteiger charge is 2.58. The highest BCUT2D eigenvalue weighted by molar-refractivity contribution is 6.03. The first-order valence-electron chi connectivity index (χ1n) is 16.1. The van der Waals surface area contributed by atoms with Crippen LogP contribution in [0.3, 0.4) is 0 Å². The van der Waals surface area contributed by atoms with E-state index in [4.69, 9.17) is 16.1 Å². The summed E-state index contributed by atoms with van der Waals surface area (Å²) in [5.74, 6) is 1.82. The number of phenols is 1. The summed E-state index contributed by atoms with van der Waals surface area (Å²) in [6.45, 7) is 4.25. The lowest BCUT2D eigenvalue weighted by Gasteiger charge is -2.34. The fourth-order valence-electron chi connectivity index (χ4n) is 8.12. The summed E-state index contributed by atoms with van der Waals surface area (Å²) >= 11 is 0. The van der Waals surface area contributed by atoms with Gasteiger partial charge >= 0.3 is 6.01 Å². The molecular weight excluding hydrogens is 593 g/mol. The molecule has 46 heavy (non-hydrogen) atoms. The Labute approximate surface area is 264 Å². The van der Waals surface area contributed by atoms with Crippen LogP contribution in [0.15, 0.2) is 30.5 Å². The van der Waals surface area contributed by atoms with Crippen molar-refractivity contribution < 1.29 is 23.0 Å². The number of piperazine rings is 1. The SMILES string of the molecule is C#Cc1c(F)ccc2cc(O)cc(-c3ncc4c(N5CC6CCC(C5)N6)nc(OCC5(CN6CC7C(F)C7C6)CC5)nc4c3F)c12. The molecule has 2 bridgehead atoms. The topological polar surface area (TPSA) is 86.6 Å². The van der Waals surface area contributed by atoms with Gasteiger partial charge in [0.25, 0.3) is 0 Å². The van der Waals surface area contributed by atoms with Gasteiger partial charge in [0.1, 0.15) is 34.8 Å². The van der Waals surface area contributed by atoms with Crippen LogP contribution in [0.2, 0.25) is 0 Å². The predicted molar refractivity (Wildman–Crippen MR) is 167 cm³/mol. The highest BCUT2D eigenvalue weighted by Crippen LogP contribution is 2.52. The lowest BCUT2D eigenvalue weighted by molar-refractivity contribution is 0.155. The van der Waals surface area contributed by atoms with Gasteiger partial charge < -0.3 is 25.0 Å². The van der Waals surface area contributed by atoms with E-state index >= 15 is 4.39 Å². The normalized spacial score (nSPS) is 27.6. The molecule has 4 unspecified atom stereocenters. The zero-order valence-corrected chi connectivity index (χ0v) is 25.1. The largest absolute Gasteiger partial charge is 0.508 e. The number of rotatable bonds is 7. The maximum absolute atomic E-state index is 16.8. The van der Waals surface area contributed by atoms with Crippen molar-refractivity contribution >= 4 is 27.5 Å². The van der Waals surface area contributed by atoms with Gasteiger partial charge in [-0.15, -0.1) is 6.42 Å². The van der Waals surface area contributed by atoms with E-state index in [1.54, 1.807) is 6.20 Å². The molecule has 5 aliphatic rings. The summed E-state index contributed by atoms with van der Waals surface area (Å²) in [4.78, 5) is 18.4. The Bertz CT molecular complexity index is 1940. The summed E-state index contributed by atoms with van der Waals surface area (Å²) in [5.41, 5.74) is 0.00616. The molecule has 5 heterocycles. The van der Waals surface area contributed by atoms with Gasteiger partial charge in [-0.25, -0.2) is 13.2 Å². The maximum atomic E-state index is 16.8. The highest BCUT2D eigenvalue weighted by atomic mass is 19.1. The number of alkyl halides is 1. The zero-order valence-electron chi connectivity index (χ0n) is 25.1. The number of nitrogens with zero attached hydrogens (tertiary/aromatic N) is 5. The number of aromatic nitrogens is 3. The van der Waals surface area contributed by atoms with Crippen LogP contribution >= 0.6 is 0 Å². The third-order valence-corrected chi connectivity index (χ3v) is 10.8. The van der Waals surface area contributed by atoms with Crippen LogP contribution in [0.1, 0.15) is 31.2 Å². The summed E-state index contributed by atoms with van der Waals surface area (Å²) in [5, 5.41) is 15.3. The first-order chi connectivity index (χ1) is 22.3. The molecule has 4 aromatic rings. The molecule has 0 amide bonds. The summed E-state index contributed by atoms with van der Waals surface area (Å²) < 4.78 is 51.6. The first-order valence-corrected chi connectivity index (χ1v) is 16.1. The molecule has 8 nitrogen and oxygen atoms in total. The van der Waals surface area contributed by atoms with Crippen molar-refractivity contribution in [2.75, 3.05) is 44.2 Å². The monoisotopic (exact) mass is 626 g/mol. The van der Waals surface area contributed by atoms with Gasteiger partial charge in [0.15, 0.2) is 5.82 Å². The standard InChI is InChI=1S/C35H33F3N6O2/c1-2-22-27(36)6-3-18-9-21(45)10-23(28(18)22)31-30(38)32-24(11-39-31)33(44-12-19-4-5-20(13-44)40-19)42-34(41-32)46-17-35(7-8-35)16-43-14-25-26(15-43)29(25)37/h1,3,6,9-11,19-20,25-26,29,40,45H,4-5,7-8,12-17H2. The number of phenolic OH excluding ortho intramolecular Hbond substituents is 1. The summed E-state index contributed by atoms with van der Waals surface area (Å²) in [6.07, 6.45) is 10.7. The Morgan fingerprint density at radius 1 is 1.07 bits per heavy atom. The van der Waals surface area contributed by atoms with Crippen molar-refractivity contribution in [3.05, 3.63) is 47.7 Å². The van der Waals surface area contributed by atoms with Gasteiger partial charge in [0.05, 0.1) is 17.6 Å². The van der Waals surface area contributed by atoms with Crippen LogP contribution in [0.4, 0.5) is 19.0 Å². The van der Waals surface area contributed by atoms with Crippen LogP contribution in [0, 0.1) is 41.2 Å². The number of hydrogen-bond donors (Lipinski definition) is 2. The molecule has 2 saturated carbocycles. The molecule has 5 fully saturated rings. The third kappa shape index (κ3) is 4.56. The number of terminal acetylenes is 1. The Kier molecular flexibility index (Phi) is 6.22. The van der Waals surface area contributed by atoms with E-state index < -0.39 is 17.8 Å². The van der Waals surface area contributed by atoms with E-state index in [1.807, 2.05) is 0 Å². The Hall–Kier alpha value is -4.14. The number of aromatic hydroxyl groups is 1. The third-order valence-electron chi connectivity index (χ3n) is 10.8. The minimum atomic E-state index is -0.735. The Balaban J connectivity index is 1.12. The van der Waals surface area contributed by atoms with Crippen molar-refractivity contribution in [2.45, 2.75) is 43.9 Å². The fraction of sp³-hybridized carbons (Fsp3) is 0.457. The number of piperidine rings is 1. The van der Waals surface area contributed by atoms with Crippen LogP contribution in [0.25, 0.3) is 32.9 Å². The number of hydrogen-bond acceptors (Lipinski definition) is 8. The molecule has 236 valence electrons. The first kappa shape index (κ1) is 28.1. The lowest BCUT2D eigenvalue weighted by Crippen LogP contribution is -2.51. The molecule has 2 N–H and O–H groups in total. The van der Waals surface area contributed by atoms with Gasteiger partial charge in [-0.3, -0.25) is 4.98 Å². The second kappa shape index (κ2) is 10.2. The average molecular weight is 627 g/mol. The lowest BCUT2D eigenvalue weighted by atomic mass is 9.96. The maximum Gasteiger partial charge on any atom is 0.319 e. The van der Waals surface area contributed by atoms with Crippen molar-refractivity contribution in [3.8, 4) is 35.4 Å². The van der Waals surface area contributed by atoms with Crippen molar-refractivity contribution in [1.29, 1.82) is 0 Å². The van der Waals surface area contributed by atoms with Gasteiger partial charge in [-0.05, 0) is 49.3 Å². The van der Waals surface area contributed by atoms with Crippen LogP contribution in [0.5, 0.6) is 11.8 Å². The molecule has 0 radical (unpaired) electrons. The quantitative estimate of drug-likeness (QED) is 0.283. The van der Waals surface area contributed by atoms with Crippen LogP contribution in [-0.4, -0.2) is 82.5 Å². The van der Waals surface area contributed by atoms with Gasteiger partial charge in [-0.1, -0.05) is 12.0 Å². The molecule has 11 heteroatoms. The van der Waals surface area contributed by atoms with Gasteiger partial charge in [-0.2, -0.15) is 9.97 Å². The summed E-state index contributed by atoms with van der Waals surface area (Å²) in [7, 11) is 0. The molecule has 3 saturated heterocycles. The second-order valence-electron chi connectivity index (χ2n) is 14.0. The van der Waals surface area contributed by atoms with E-state index in [2.05, 4.69) is 31.0 Å². The van der Waals surface area contributed by atoms with Crippen LogP contribution in [-0.2, 0) is 0 Å². The number of ether oxygens (including phenoxy) is 1. The number of benzene rings is 2.